The summed E-state index contributed by atoms with van der Waals surface area (Å²) >= 11 is 0. The lowest BCUT2D eigenvalue weighted by Gasteiger charge is -2.20. The summed E-state index contributed by atoms with van der Waals surface area (Å²) in [7, 11) is 0. The Labute approximate surface area is 110 Å². The van der Waals surface area contributed by atoms with Crippen LogP contribution in [0.4, 0.5) is 0 Å². The first kappa shape index (κ1) is 15.2. The molecule has 0 fully saturated rings. The van der Waals surface area contributed by atoms with Crippen LogP contribution in [0.1, 0.15) is 32.4 Å². The first-order valence-electron chi connectivity index (χ1n) is 6.53. The topological polar surface area (TPSA) is 38.7 Å². The minimum Gasteiger partial charge on any atom is -0.386 e. The highest BCUT2D eigenvalue weighted by Gasteiger charge is 2.16. The van der Waals surface area contributed by atoms with E-state index in [4.69, 9.17) is 9.47 Å². The van der Waals surface area contributed by atoms with Crippen molar-refractivity contribution in [3.63, 3.8) is 0 Å². The van der Waals surface area contributed by atoms with Gasteiger partial charge in [0.1, 0.15) is 6.10 Å². The van der Waals surface area contributed by atoms with Crippen molar-refractivity contribution in [3.8, 4) is 0 Å². The predicted octanol–water partition coefficient (Wildman–Crippen LogP) is 2.80. The molecule has 0 aliphatic heterocycles. The molecule has 1 N–H and O–H groups in total. The van der Waals surface area contributed by atoms with Gasteiger partial charge in [-0.05, 0) is 18.4 Å². The molecule has 3 nitrogen and oxygen atoms in total. The maximum Gasteiger partial charge on any atom is 0.105 e. The smallest absolute Gasteiger partial charge is 0.105 e. The minimum absolute atomic E-state index is 0.227. The molecule has 0 amide bonds. The van der Waals surface area contributed by atoms with Crippen molar-refractivity contribution in [1.29, 1.82) is 0 Å². The molecule has 0 spiro atoms. The number of ether oxygens (including phenoxy) is 2. The fourth-order valence-electron chi connectivity index (χ4n) is 1.62. The molecule has 0 saturated heterocycles. The summed E-state index contributed by atoms with van der Waals surface area (Å²) in [6, 6.07) is 9.56. The average molecular weight is 252 g/mol. The van der Waals surface area contributed by atoms with Crippen molar-refractivity contribution in [2.75, 3.05) is 19.8 Å². The second-order valence-corrected chi connectivity index (χ2v) is 4.90. The number of hydrogen-bond donors (Lipinski definition) is 1. The lowest BCUT2D eigenvalue weighted by Crippen LogP contribution is -2.21. The Morgan fingerprint density at radius 2 is 1.72 bits per heavy atom. The van der Waals surface area contributed by atoms with Crippen LogP contribution in [-0.4, -0.2) is 31.0 Å². The van der Waals surface area contributed by atoms with Gasteiger partial charge < -0.3 is 14.6 Å². The highest BCUT2D eigenvalue weighted by molar-refractivity contribution is 5.18. The second kappa shape index (κ2) is 8.25. The van der Waals surface area contributed by atoms with Crippen LogP contribution in [0.2, 0.25) is 0 Å². The van der Waals surface area contributed by atoms with E-state index in [9.17, 15) is 5.11 Å². The van der Waals surface area contributed by atoms with Gasteiger partial charge in [0.25, 0.3) is 0 Å². The van der Waals surface area contributed by atoms with Crippen LogP contribution in [0.5, 0.6) is 0 Å². The maximum absolute atomic E-state index is 10.1. The van der Waals surface area contributed by atoms with Crippen molar-refractivity contribution in [3.05, 3.63) is 35.9 Å². The summed E-state index contributed by atoms with van der Waals surface area (Å²) in [6.07, 6.45) is -0.814. The molecule has 102 valence electrons. The van der Waals surface area contributed by atoms with Crippen LogP contribution in [0.25, 0.3) is 0 Å². The number of aliphatic hydroxyl groups is 1. The van der Waals surface area contributed by atoms with E-state index >= 15 is 0 Å². The first-order chi connectivity index (χ1) is 8.61. The summed E-state index contributed by atoms with van der Waals surface area (Å²) < 4.78 is 11.0. The van der Waals surface area contributed by atoms with E-state index in [2.05, 4.69) is 13.8 Å². The Kier molecular flexibility index (Phi) is 6.94. The molecule has 1 rings (SSSR count). The SMILES string of the molecule is CC(C)COCCOC(C)C(O)c1ccccc1. The minimum atomic E-state index is -0.587. The maximum atomic E-state index is 10.1. The van der Waals surface area contributed by atoms with E-state index in [-0.39, 0.29) is 6.10 Å². The highest BCUT2D eigenvalue weighted by atomic mass is 16.5. The van der Waals surface area contributed by atoms with Gasteiger partial charge in [-0.25, -0.2) is 0 Å². The Bertz CT molecular complexity index is 311. The normalized spacial score (nSPS) is 14.7. The molecule has 1 aromatic rings. The van der Waals surface area contributed by atoms with Crippen LogP contribution >= 0.6 is 0 Å². The summed E-state index contributed by atoms with van der Waals surface area (Å²) in [5.74, 6) is 0.539. The fourth-order valence-corrected chi connectivity index (χ4v) is 1.62. The van der Waals surface area contributed by atoms with Gasteiger partial charge in [0, 0.05) is 6.61 Å². The van der Waals surface area contributed by atoms with Gasteiger partial charge in [-0.15, -0.1) is 0 Å². The zero-order valence-electron chi connectivity index (χ0n) is 11.5. The molecule has 0 aliphatic carbocycles. The van der Waals surface area contributed by atoms with Gasteiger partial charge >= 0.3 is 0 Å². The van der Waals surface area contributed by atoms with Crippen LogP contribution in [-0.2, 0) is 9.47 Å². The van der Waals surface area contributed by atoms with Crippen molar-refractivity contribution >= 4 is 0 Å². The van der Waals surface area contributed by atoms with E-state index < -0.39 is 6.10 Å². The van der Waals surface area contributed by atoms with Crippen LogP contribution in [0.15, 0.2) is 30.3 Å². The molecule has 2 atom stereocenters. The second-order valence-electron chi connectivity index (χ2n) is 4.90. The quantitative estimate of drug-likeness (QED) is 0.723. The Balaban J connectivity index is 2.22. The van der Waals surface area contributed by atoms with Crippen LogP contribution in [0, 0.1) is 5.92 Å². The summed E-state index contributed by atoms with van der Waals surface area (Å²) in [4.78, 5) is 0. The van der Waals surface area contributed by atoms with Crippen molar-refractivity contribution in [2.45, 2.75) is 33.0 Å². The monoisotopic (exact) mass is 252 g/mol. The van der Waals surface area contributed by atoms with Crippen LogP contribution in [0.3, 0.4) is 0 Å². The molecule has 0 radical (unpaired) electrons. The summed E-state index contributed by atoms with van der Waals surface area (Å²) in [5.41, 5.74) is 0.882. The lowest BCUT2D eigenvalue weighted by molar-refractivity contribution is -0.0503. The van der Waals surface area contributed by atoms with Gasteiger partial charge in [-0.2, -0.15) is 0 Å². The zero-order chi connectivity index (χ0) is 13.4. The van der Waals surface area contributed by atoms with Gasteiger partial charge in [-0.1, -0.05) is 44.2 Å². The zero-order valence-corrected chi connectivity index (χ0v) is 11.5. The van der Waals surface area contributed by atoms with Crippen molar-refractivity contribution in [2.24, 2.45) is 5.92 Å². The largest absolute Gasteiger partial charge is 0.386 e. The van der Waals surface area contributed by atoms with Gasteiger partial charge in [-0.3, -0.25) is 0 Å². The molecule has 2 unspecified atom stereocenters. The molecule has 0 bridgehead atoms. The van der Waals surface area contributed by atoms with E-state index in [1.54, 1.807) is 0 Å². The van der Waals surface area contributed by atoms with Gasteiger partial charge in [0.05, 0.1) is 19.3 Å². The molecule has 3 heteroatoms. The molecule has 0 aliphatic rings. The summed E-state index contributed by atoms with van der Waals surface area (Å²) in [6.45, 7) is 7.94. The first-order valence-corrected chi connectivity index (χ1v) is 6.53. The van der Waals surface area contributed by atoms with Gasteiger partial charge in [0.2, 0.25) is 0 Å². The molecule has 0 saturated carbocycles. The standard InChI is InChI=1S/C15H24O3/c1-12(2)11-17-9-10-18-13(3)15(16)14-7-5-4-6-8-14/h4-8,12-13,15-16H,9-11H2,1-3H3. The Morgan fingerprint density at radius 3 is 2.33 bits per heavy atom. The molecular weight excluding hydrogens is 228 g/mol. The van der Waals surface area contributed by atoms with Crippen molar-refractivity contribution < 1.29 is 14.6 Å². The molecule has 1 aromatic carbocycles. The molecular formula is C15H24O3. The Morgan fingerprint density at radius 1 is 1.06 bits per heavy atom. The number of aliphatic hydroxyl groups excluding tert-OH is 1. The lowest BCUT2D eigenvalue weighted by atomic mass is 10.1. The Hall–Kier alpha value is -0.900. The third-order valence-corrected chi connectivity index (χ3v) is 2.65. The molecule has 18 heavy (non-hydrogen) atoms. The van der Waals surface area contributed by atoms with E-state index in [1.807, 2.05) is 37.3 Å². The third kappa shape index (κ3) is 5.63. The summed E-state index contributed by atoms with van der Waals surface area (Å²) in [5, 5.41) is 10.1. The molecule has 0 aromatic heterocycles. The third-order valence-electron chi connectivity index (χ3n) is 2.65. The van der Waals surface area contributed by atoms with E-state index in [1.165, 1.54) is 0 Å². The fraction of sp³-hybridized carbons (Fsp3) is 0.600. The average Bonchev–Trinajstić information content (AvgIpc) is 2.38. The van der Waals surface area contributed by atoms with Crippen LogP contribution < -0.4 is 0 Å². The number of rotatable bonds is 8. The van der Waals surface area contributed by atoms with E-state index in [0.717, 1.165) is 12.2 Å². The number of hydrogen-bond acceptors (Lipinski definition) is 3. The highest BCUT2D eigenvalue weighted by Crippen LogP contribution is 2.18. The molecule has 0 heterocycles. The van der Waals surface area contributed by atoms with Crippen molar-refractivity contribution in [1.82, 2.24) is 0 Å². The predicted molar refractivity (Wildman–Crippen MR) is 72.5 cm³/mol. The van der Waals surface area contributed by atoms with Gasteiger partial charge in [0.15, 0.2) is 0 Å². The number of benzene rings is 1. The van der Waals surface area contributed by atoms with E-state index in [0.29, 0.717) is 19.1 Å².